The second-order valence-electron chi connectivity index (χ2n) is 5.01. The molecule has 0 radical (unpaired) electrons. The number of nitro benzene ring substituents is 1. The third-order valence-corrected chi connectivity index (χ3v) is 4.26. The molecule has 2 aromatic rings. The highest BCUT2D eigenvalue weighted by Crippen LogP contribution is 2.39. The largest absolute Gasteiger partial charge is 0.377 e. The summed E-state index contributed by atoms with van der Waals surface area (Å²) in [5, 5.41) is 14.2. The molecular formula is C15H12BrFN2O2. The molecular weight excluding hydrogens is 339 g/mol. The van der Waals surface area contributed by atoms with Crippen molar-refractivity contribution in [3.63, 3.8) is 0 Å². The molecule has 2 aromatic carbocycles. The molecule has 6 heteroatoms. The fraction of sp³-hybridized carbons (Fsp3) is 0.200. The normalized spacial score (nSPS) is 17.0. The maximum atomic E-state index is 13.3. The van der Waals surface area contributed by atoms with Crippen molar-refractivity contribution in [1.29, 1.82) is 0 Å². The Balaban J connectivity index is 1.94. The van der Waals surface area contributed by atoms with Crippen LogP contribution >= 0.6 is 15.9 Å². The number of hydrogen-bond acceptors (Lipinski definition) is 3. The lowest BCUT2D eigenvalue weighted by Crippen LogP contribution is -2.18. The highest BCUT2D eigenvalue weighted by atomic mass is 79.9. The van der Waals surface area contributed by atoms with E-state index in [2.05, 4.69) is 21.2 Å². The van der Waals surface area contributed by atoms with Crippen LogP contribution in [0.25, 0.3) is 0 Å². The van der Waals surface area contributed by atoms with Gasteiger partial charge in [-0.2, -0.15) is 0 Å². The Labute approximate surface area is 129 Å². The molecule has 3 rings (SSSR count). The molecule has 1 aliphatic heterocycles. The van der Waals surface area contributed by atoms with Crippen LogP contribution in [0.2, 0.25) is 0 Å². The van der Waals surface area contributed by atoms with E-state index in [0.29, 0.717) is 10.9 Å². The number of rotatable bonds is 2. The average molecular weight is 351 g/mol. The van der Waals surface area contributed by atoms with Crippen LogP contribution < -0.4 is 5.32 Å². The van der Waals surface area contributed by atoms with Gasteiger partial charge in [-0.3, -0.25) is 10.1 Å². The molecule has 0 aromatic heterocycles. The van der Waals surface area contributed by atoms with Gasteiger partial charge in [0.1, 0.15) is 5.82 Å². The summed E-state index contributed by atoms with van der Waals surface area (Å²) in [6.07, 6.45) is 1.48. The van der Waals surface area contributed by atoms with Gasteiger partial charge in [0.05, 0.1) is 16.7 Å². The van der Waals surface area contributed by atoms with E-state index in [1.54, 1.807) is 12.1 Å². The first-order valence-corrected chi connectivity index (χ1v) is 7.32. The van der Waals surface area contributed by atoms with Crippen LogP contribution in [-0.4, -0.2) is 4.92 Å². The summed E-state index contributed by atoms with van der Waals surface area (Å²) >= 11 is 3.37. The lowest BCUT2D eigenvalue weighted by atomic mass is 9.93. The minimum atomic E-state index is -0.399. The Hall–Kier alpha value is -1.95. The second kappa shape index (κ2) is 5.44. The molecule has 1 aliphatic rings. The number of halogens is 2. The van der Waals surface area contributed by atoms with Crippen molar-refractivity contribution in [2.45, 2.75) is 18.9 Å². The number of nitro groups is 1. The Morgan fingerprint density at radius 1 is 1.33 bits per heavy atom. The van der Waals surface area contributed by atoms with Crippen LogP contribution in [0.15, 0.2) is 40.9 Å². The molecule has 1 heterocycles. The summed E-state index contributed by atoms with van der Waals surface area (Å²) in [6, 6.07) is 9.58. The van der Waals surface area contributed by atoms with Gasteiger partial charge in [-0.1, -0.05) is 12.1 Å². The van der Waals surface area contributed by atoms with Crippen molar-refractivity contribution in [2.24, 2.45) is 0 Å². The monoisotopic (exact) mass is 350 g/mol. The number of anilines is 1. The average Bonchev–Trinajstić information content (AvgIpc) is 2.46. The Morgan fingerprint density at radius 3 is 2.86 bits per heavy atom. The van der Waals surface area contributed by atoms with E-state index in [1.807, 2.05) is 6.07 Å². The number of benzene rings is 2. The molecule has 0 amide bonds. The number of fused-ring (bicyclic) bond motifs is 1. The molecule has 0 saturated heterocycles. The first-order valence-electron chi connectivity index (χ1n) is 6.53. The van der Waals surface area contributed by atoms with E-state index in [4.69, 9.17) is 0 Å². The predicted molar refractivity (Wildman–Crippen MR) is 81.9 cm³/mol. The van der Waals surface area contributed by atoms with Gasteiger partial charge >= 0.3 is 0 Å². The molecule has 1 N–H and O–H groups in total. The van der Waals surface area contributed by atoms with Gasteiger partial charge in [-0.05, 0) is 52.0 Å². The van der Waals surface area contributed by atoms with Crippen molar-refractivity contribution in [2.75, 3.05) is 5.32 Å². The number of hydrogen-bond donors (Lipinski definition) is 1. The van der Waals surface area contributed by atoms with Gasteiger partial charge in [0, 0.05) is 16.6 Å². The highest BCUT2D eigenvalue weighted by molar-refractivity contribution is 9.10. The van der Waals surface area contributed by atoms with Gasteiger partial charge < -0.3 is 5.32 Å². The van der Waals surface area contributed by atoms with E-state index in [9.17, 15) is 14.5 Å². The number of nitrogens with zero attached hydrogens (tertiary/aromatic N) is 1. The van der Waals surface area contributed by atoms with Crippen LogP contribution in [0, 0.1) is 15.9 Å². The molecule has 0 fully saturated rings. The predicted octanol–water partition coefficient (Wildman–Crippen LogP) is 4.60. The summed E-state index contributed by atoms with van der Waals surface area (Å²) in [7, 11) is 0. The highest BCUT2D eigenvalue weighted by Gasteiger charge is 2.24. The molecule has 1 unspecified atom stereocenters. The van der Waals surface area contributed by atoms with Crippen molar-refractivity contribution in [3.8, 4) is 0 Å². The Morgan fingerprint density at radius 2 is 2.14 bits per heavy atom. The summed E-state index contributed by atoms with van der Waals surface area (Å²) in [5.74, 6) is -0.261. The van der Waals surface area contributed by atoms with Crippen LogP contribution in [0.1, 0.15) is 23.6 Å². The van der Waals surface area contributed by atoms with Crippen molar-refractivity contribution >= 4 is 27.3 Å². The van der Waals surface area contributed by atoms with Crippen LogP contribution in [0.3, 0.4) is 0 Å². The van der Waals surface area contributed by atoms with Gasteiger partial charge in [0.2, 0.25) is 0 Å². The third-order valence-electron chi connectivity index (χ3n) is 3.64. The fourth-order valence-electron chi connectivity index (χ4n) is 2.63. The summed E-state index contributed by atoms with van der Waals surface area (Å²) < 4.78 is 14.0. The third kappa shape index (κ3) is 2.76. The first-order chi connectivity index (χ1) is 10.0. The molecule has 1 atom stereocenters. The summed E-state index contributed by atoms with van der Waals surface area (Å²) in [4.78, 5) is 10.5. The van der Waals surface area contributed by atoms with Crippen molar-refractivity contribution < 1.29 is 9.31 Å². The van der Waals surface area contributed by atoms with E-state index in [-0.39, 0.29) is 17.5 Å². The minimum Gasteiger partial charge on any atom is -0.377 e. The number of non-ortho nitro benzene ring substituents is 1. The molecule has 0 bridgehead atoms. The van der Waals surface area contributed by atoms with Gasteiger partial charge in [-0.15, -0.1) is 0 Å². The molecule has 0 aliphatic carbocycles. The molecule has 0 spiro atoms. The van der Waals surface area contributed by atoms with E-state index in [0.717, 1.165) is 23.2 Å². The maximum Gasteiger partial charge on any atom is 0.270 e. The van der Waals surface area contributed by atoms with Crippen LogP contribution in [0.5, 0.6) is 0 Å². The van der Waals surface area contributed by atoms with Crippen molar-refractivity contribution in [3.05, 3.63) is 67.9 Å². The second-order valence-corrected chi connectivity index (χ2v) is 5.86. The fourth-order valence-corrected chi connectivity index (χ4v) is 3.24. The molecule has 0 saturated carbocycles. The van der Waals surface area contributed by atoms with Gasteiger partial charge in [0.15, 0.2) is 0 Å². The zero-order valence-corrected chi connectivity index (χ0v) is 12.6. The quantitative estimate of drug-likeness (QED) is 0.636. The lowest BCUT2D eigenvalue weighted by Gasteiger charge is -2.28. The van der Waals surface area contributed by atoms with E-state index in [1.165, 1.54) is 18.2 Å². The van der Waals surface area contributed by atoms with Gasteiger partial charge in [0.25, 0.3) is 5.69 Å². The number of nitrogens with one attached hydrogen (secondary N) is 1. The maximum absolute atomic E-state index is 13.3. The number of aryl methyl sites for hydroxylation is 1. The van der Waals surface area contributed by atoms with Gasteiger partial charge in [-0.25, -0.2) is 4.39 Å². The van der Waals surface area contributed by atoms with E-state index < -0.39 is 4.92 Å². The zero-order chi connectivity index (χ0) is 15.0. The standard InChI is InChI=1S/C15H12BrFN2O2/c16-13-8-12(19(20)21)7-10-4-5-14(18-15(10)13)9-2-1-3-11(17)6-9/h1-3,6-8,14,18H,4-5H2. The SMILES string of the molecule is O=[N+]([O-])c1cc(Br)c2c(c1)CCC(c1cccc(F)c1)N2. The van der Waals surface area contributed by atoms with Crippen LogP contribution in [-0.2, 0) is 6.42 Å². The van der Waals surface area contributed by atoms with Crippen molar-refractivity contribution in [1.82, 2.24) is 0 Å². The summed E-state index contributed by atoms with van der Waals surface area (Å²) in [5.41, 5.74) is 2.71. The zero-order valence-electron chi connectivity index (χ0n) is 11.0. The lowest BCUT2D eigenvalue weighted by molar-refractivity contribution is -0.385. The Kier molecular flexibility index (Phi) is 3.63. The molecule has 21 heavy (non-hydrogen) atoms. The first kappa shape index (κ1) is 14.0. The molecule has 108 valence electrons. The summed E-state index contributed by atoms with van der Waals surface area (Å²) in [6.45, 7) is 0. The minimum absolute atomic E-state index is 0.00551. The smallest absolute Gasteiger partial charge is 0.270 e. The Bertz CT molecular complexity index is 721. The van der Waals surface area contributed by atoms with Crippen LogP contribution in [0.4, 0.5) is 15.8 Å². The van der Waals surface area contributed by atoms with E-state index >= 15 is 0 Å². The molecule has 4 nitrogen and oxygen atoms in total. The topological polar surface area (TPSA) is 55.2 Å².